The summed E-state index contributed by atoms with van der Waals surface area (Å²) in [6.45, 7) is 0. The lowest BCUT2D eigenvalue weighted by molar-refractivity contribution is -0.121. The van der Waals surface area contributed by atoms with Gasteiger partial charge in [0.05, 0.1) is 14.9 Å². The van der Waals surface area contributed by atoms with E-state index in [0.717, 1.165) is 27.8 Å². The maximum Gasteiger partial charge on any atom is 0.293 e. The highest BCUT2D eigenvalue weighted by Gasteiger charge is 2.32. The van der Waals surface area contributed by atoms with Gasteiger partial charge in [-0.25, -0.2) is 4.39 Å². The van der Waals surface area contributed by atoms with E-state index in [-0.39, 0.29) is 14.6 Å². The van der Waals surface area contributed by atoms with Crippen molar-refractivity contribution < 1.29 is 14.0 Å². The van der Waals surface area contributed by atoms with Crippen LogP contribution < -0.4 is 5.73 Å². The Morgan fingerprint density at radius 2 is 1.96 bits per heavy atom. The molecule has 0 radical (unpaired) electrons. The predicted octanol–water partition coefficient (Wildman–Crippen LogP) is 4.98. The van der Waals surface area contributed by atoms with Gasteiger partial charge in [-0.15, -0.1) is 0 Å². The standard InChI is InChI=1S/C19H13BrFN3O2S/c1-24-18(25)14(27-19(24)26)7-10-6-12-13(9-2-4-11(22)5-3-9)8-23-17(12)16(21)15(10)20/h2-8,23H,22H2,1H3/b14-7-. The number of anilines is 1. The van der Waals surface area contributed by atoms with E-state index >= 15 is 0 Å². The third-order valence-electron chi connectivity index (χ3n) is 4.38. The topological polar surface area (TPSA) is 79.2 Å². The summed E-state index contributed by atoms with van der Waals surface area (Å²) in [4.78, 5) is 28.1. The maximum atomic E-state index is 14.9. The van der Waals surface area contributed by atoms with Gasteiger partial charge in [-0.2, -0.15) is 0 Å². The fraction of sp³-hybridized carbons (Fsp3) is 0.0526. The number of nitrogens with zero attached hydrogens (tertiary/aromatic N) is 1. The van der Waals surface area contributed by atoms with Crippen LogP contribution in [0.3, 0.4) is 0 Å². The van der Waals surface area contributed by atoms with E-state index in [4.69, 9.17) is 5.73 Å². The van der Waals surface area contributed by atoms with Gasteiger partial charge in [0, 0.05) is 29.9 Å². The Bertz CT molecular complexity index is 1140. The molecule has 2 heterocycles. The predicted molar refractivity (Wildman–Crippen MR) is 110 cm³/mol. The molecule has 0 spiro atoms. The Morgan fingerprint density at radius 3 is 2.59 bits per heavy atom. The number of hydrogen-bond donors (Lipinski definition) is 2. The summed E-state index contributed by atoms with van der Waals surface area (Å²) >= 11 is 4.09. The van der Waals surface area contributed by atoms with Crippen LogP contribution in [0.2, 0.25) is 0 Å². The van der Waals surface area contributed by atoms with E-state index < -0.39 is 11.7 Å². The molecule has 1 aromatic heterocycles. The SMILES string of the molecule is CN1C(=O)S/C(=C\c2cc3c(-c4ccc(N)cc4)c[nH]c3c(F)c2Br)C1=O. The highest BCUT2D eigenvalue weighted by molar-refractivity contribution is 9.10. The van der Waals surface area contributed by atoms with E-state index in [2.05, 4.69) is 20.9 Å². The molecule has 0 aliphatic carbocycles. The van der Waals surface area contributed by atoms with Gasteiger partial charge >= 0.3 is 0 Å². The van der Waals surface area contributed by atoms with Gasteiger partial charge in [-0.1, -0.05) is 12.1 Å². The summed E-state index contributed by atoms with van der Waals surface area (Å²) in [5.74, 6) is -0.860. The van der Waals surface area contributed by atoms with Crippen molar-refractivity contribution in [3.63, 3.8) is 0 Å². The number of fused-ring (bicyclic) bond motifs is 1. The van der Waals surface area contributed by atoms with Crippen LogP contribution in [0, 0.1) is 5.82 Å². The molecule has 5 nitrogen and oxygen atoms in total. The second kappa shape index (κ2) is 6.54. The smallest absolute Gasteiger partial charge is 0.293 e. The zero-order valence-electron chi connectivity index (χ0n) is 14.0. The number of carbonyl (C=O) groups excluding carboxylic acids is 2. The molecule has 136 valence electrons. The van der Waals surface area contributed by atoms with Gasteiger partial charge in [0.15, 0.2) is 5.82 Å². The largest absolute Gasteiger partial charge is 0.399 e. The van der Waals surface area contributed by atoms with Crippen LogP contribution in [0.4, 0.5) is 14.9 Å². The molecule has 8 heteroatoms. The number of rotatable bonds is 2. The number of halogens is 2. The molecule has 4 rings (SSSR count). The first-order valence-corrected chi connectivity index (χ1v) is 9.54. The first-order chi connectivity index (χ1) is 12.9. The highest BCUT2D eigenvalue weighted by atomic mass is 79.9. The normalized spacial score (nSPS) is 16.1. The number of hydrogen-bond acceptors (Lipinski definition) is 4. The molecule has 1 aliphatic heterocycles. The molecule has 0 saturated carbocycles. The lowest BCUT2D eigenvalue weighted by Crippen LogP contribution is -2.22. The van der Waals surface area contributed by atoms with Gasteiger partial charge in [0.2, 0.25) is 0 Å². The number of amides is 2. The van der Waals surface area contributed by atoms with Crippen LogP contribution in [0.25, 0.3) is 28.1 Å². The number of nitrogens with one attached hydrogen (secondary N) is 1. The number of carbonyl (C=O) groups is 2. The van der Waals surface area contributed by atoms with E-state index in [1.807, 2.05) is 12.1 Å². The van der Waals surface area contributed by atoms with Crippen LogP contribution in [-0.2, 0) is 4.79 Å². The minimum atomic E-state index is -0.462. The molecule has 1 saturated heterocycles. The average molecular weight is 446 g/mol. The van der Waals surface area contributed by atoms with Gasteiger partial charge in [-0.3, -0.25) is 14.5 Å². The van der Waals surface area contributed by atoms with Crippen LogP contribution in [0.15, 0.2) is 45.9 Å². The molecule has 2 aromatic carbocycles. The summed E-state index contributed by atoms with van der Waals surface area (Å²) < 4.78 is 15.1. The number of benzene rings is 2. The number of nitrogens with two attached hydrogens (primary N) is 1. The Kier molecular flexibility index (Phi) is 4.32. The van der Waals surface area contributed by atoms with E-state index in [0.29, 0.717) is 22.2 Å². The molecule has 3 aromatic rings. The second-order valence-electron chi connectivity index (χ2n) is 6.08. The lowest BCUT2D eigenvalue weighted by Gasteiger charge is -2.06. The van der Waals surface area contributed by atoms with Gasteiger partial charge in [-0.05, 0) is 63.1 Å². The first kappa shape index (κ1) is 17.8. The van der Waals surface area contributed by atoms with Crippen LogP contribution >= 0.6 is 27.7 Å². The Labute approximate surface area is 166 Å². The fourth-order valence-corrected chi connectivity index (χ4v) is 4.16. The Hall–Kier alpha value is -2.58. The molecule has 0 bridgehead atoms. The summed E-state index contributed by atoms with van der Waals surface area (Å²) in [6.07, 6.45) is 3.26. The van der Waals surface area contributed by atoms with Crippen LogP contribution in [0.1, 0.15) is 5.56 Å². The highest BCUT2D eigenvalue weighted by Crippen LogP contribution is 2.38. The van der Waals surface area contributed by atoms with Crippen molar-refractivity contribution in [1.82, 2.24) is 9.88 Å². The number of aromatic amines is 1. The number of H-pyrrole nitrogens is 1. The zero-order valence-corrected chi connectivity index (χ0v) is 16.4. The van der Waals surface area contributed by atoms with Crippen molar-refractivity contribution in [3.8, 4) is 11.1 Å². The van der Waals surface area contributed by atoms with Gasteiger partial charge < -0.3 is 10.7 Å². The lowest BCUT2D eigenvalue weighted by atomic mass is 10.0. The van der Waals surface area contributed by atoms with Crippen LogP contribution in [-0.4, -0.2) is 28.1 Å². The molecular formula is C19H13BrFN3O2S. The number of thioether (sulfide) groups is 1. The number of nitrogen functional groups attached to an aromatic ring is 1. The molecule has 1 fully saturated rings. The molecule has 1 aliphatic rings. The van der Waals surface area contributed by atoms with Gasteiger partial charge in [0.25, 0.3) is 11.1 Å². The van der Waals surface area contributed by atoms with Gasteiger partial charge in [0.1, 0.15) is 0 Å². The van der Waals surface area contributed by atoms with Crippen molar-refractivity contribution in [1.29, 1.82) is 0 Å². The number of imide groups is 1. The van der Waals surface area contributed by atoms with Crippen molar-refractivity contribution in [2.75, 3.05) is 12.8 Å². The quantitative estimate of drug-likeness (QED) is 0.430. The third kappa shape index (κ3) is 2.94. The first-order valence-electron chi connectivity index (χ1n) is 7.93. The van der Waals surface area contributed by atoms with Crippen molar-refractivity contribution in [2.45, 2.75) is 0 Å². The average Bonchev–Trinajstić information content (AvgIpc) is 3.17. The minimum Gasteiger partial charge on any atom is -0.399 e. The molecule has 27 heavy (non-hydrogen) atoms. The summed E-state index contributed by atoms with van der Waals surface area (Å²) in [6, 6.07) is 9.07. The van der Waals surface area contributed by atoms with Crippen molar-refractivity contribution in [3.05, 3.63) is 57.3 Å². The van der Waals surface area contributed by atoms with E-state index in [9.17, 15) is 14.0 Å². The monoisotopic (exact) mass is 445 g/mol. The second-order valence-corrected chi connectivity index (χ2v) is 7.87. The molecule has 0 unspecified atom stereocenters. The molecule has 0 atom stereocenters. The van der Waals surface area contributed by atoms with E-state index in [1.165, 1.54) is 13.1 Å². The number of aromatic nitrogens is 1. The van der Waals surface area contributed by atoms with Crippen LogP contribution in [0.5, 0.6) is 0 Å². The minimum absolute atomic E-state index is 0.226. The summed E-state index contributed by atoms with van der Waals surface area (Å²) in [5, 5.41) is 0.315. The maximum absolute atomic E-state index is 14.9. The Balaban J connectivity index is 1.89. The van der Waals surface area contributed by atoms with Crippen molar-refractivity contribution >= 4 is 61.5 Å². The number of likely N-dealkylation sites (N-methyl/N-ethyl adjacent to an activating group) is 1. The molecule has 2 amide bonds. The van der Waals surface area contributed by atoms with E-state index in [1.54, 1.807) is 24.4 Å². The van der Waals surface area contributed by atoms with Crippen molar-refractivity contribution in [2.24, 2.45) is 0 Å². The zero-order chi connectivity index (χ0) is 19.3. The molecule has 3 N–H and O–H groups in total. The molecular weight excluding hydrogens is 433 g/mol. The Morgan fingerprint density at radius 1 is 1.26 bits per heavy atom. The summed E-state index contributed by atoms with van der Waals surface area (Å²) in [5.41, 5.74) is 8.92. The fourth-order valence-electron chi connectivity index (χ4n) is 2.91. The summed E-state index contributed by atoms with van der Waals surface area (Å²) in [7, 11) is 1.42. The third-order valence-corrected chi connectivity index (χ3v) is 6.15.